The fourth-order valence-electron chi connectivity index (χ4n) is 4.15. The standard InChI is InChI=1S/C23H20ClFN6O2/c24-13-1-2-17(25)16(7-13)22-23(29-12-28-22)19-4-3-18-20(30-19)8-14(11-27-18)31-6-5-26-10-15(31)9-21(32)33/h1-4,7-8,11-12,15,26H,5-6,9-10H2,(H,28,29)(H,32,33). The third kappa shape index (κ3) is 4.24. The highest BCUT2D eigenvalue weighted by molar-refractivity contribution is 6.30. The zero-order valence-electron chi connectivity index (χ0n) is 17.4. The van der Waals surface area contributed by atoms with Crippen LogP contribution in [0, 0.1) is 5.82 Å². The third-order valence-corrected chi connectivity index (χ3v) is 5.93. The second-order valence-corrected chi connectivity index (χ2v) is 8.26. The number of nitrogens with zero attached hydrogens (tertiary/aromatic N) is 4. The van der Waals surface area contributed by atoms with Crippen molar-refractivity contribution >= 4 is 34.3 Å². The van der Waals surface area contributed by atoms with E-state index in [1.165, 1.54) is 24.5 Å². The van der Waals surface area contributed by atoms with Crippen LogP contribution in [0.2, 0.25) is 5.02 Å². The summed E-state index contributed by atoms with van der Waals surface area (Å²) in [6.07, 6.45) is 3.26. The molecule has 0 bridgehead atoms. The van der Waals surface area contributed by atoms with Crippen molar-refractivity contribution < 1.29 is 14.3 Å². The fourth-order valence-corrected chi connectivity index (χ4v) is 4.32. The molecule has 1 aliphatic rings. The second-order valence-electron chi connectivity index (χ2n) is 7.83. The Labute approximate surface area is 193 Å². The number of anilines is 1. The molecule has 1 aromatic carbocycles. The van der Waals surface area contributed by atoms with Crippen LogP contribution in [0.4, 0.5) is 10.1 Å². The van der Waals surface area contributed by atoms with Gasteiger partial charge in [-0.05, 0) is 36.4 Å². The van der Waals surface area contributed by atoms with E-state index in [-0.39, 0.29) is 18.0 Å². The van der Waals surface area contributed by atoms with Gasteiger partial charge in [-0.2, -0.15) is 0 Å². The van der Waals surface area contributed by atoms with E-state index in [9.17, 15) is 14.3 Å². The molecule has 0 radical (unpaired) electrons. The van der Waals surface area contributed by atoms with Gasteiger partial charge in [0.05, 0.1) is 53.1 Å². The lowest BCUT2D eigenvalue weighted by atomic mass is 10.1. The molecule has 3 N–H and O–H groups in total. The van der Waals surface area contributed by atoms with E-state index in [1.54, 1.807) is 12.3 Å². The number of hydrogen-bond donors (Lipinski definition) is 3. The second kappa shape index (κ2) is 8.76. The van der Waals surface area contributed by atoms with Crippen LogP contribution in [0.3, 0.4) is 0 Å². The van der Waals surface area contributed by atoms with Crippen LogP contribution in [0.15, 0.2) is 48.9 Å². The Kier molecular flexibility index (Phi) is 5.65. The normalized spacial score (nSPS) is 16.3. The SMILES string of the molecule is O=C(O)CC1CNCCN1c1cnc2ccc(-c3[nH]cnc3-c3cc(Cl)ccc3F)nc2c1. The molecule has 0 aliphatic carbocycles. The summed E-state index contributed by atoms with van der Waals surface area (Å²) in [6.45, 7) is 2.01. The van der Waals surface area contributed by atoms with Crippen molar-refractivity contribution in [1.29, 1.82) is 0 Å². The zero-order chi connectivity index (χ0) is 22.9. The molecule has 8 nitrogen and oxygen atoms in total. The number of carboxylic acid groups (broad SMARTS) is 1. The van der Waals surface area contributed by atoms with Crippen molar-refractivity contribution in [3.8, 4) is 22.6 Å². The minimum Gasteiger partial charge on any atom is -0.481 e. The van der Waals surface area contributed by atoms with E-state index in [4.69, 9.17) is 16.6 Å². The van der Waals surface area contributed by atoms with Gasteiger partial charge in [-0.15, -0.1) is 0 Å². The maximum absolute atomic E-state index is 14.5. The molecule has 4 heterocycles. The summed E-state index contributed by atoms with van der Waals surface area (Å²) in [5.41, 5.74) is 3.99. The summed E-state index contributed by atoms with van der Waals surface area (Å²) < 4.78 is 14.5. The molecule has 4 aromatic rings. The highest BCUT2D eigenvalue weighted by Gasteiger charge is 2.25. The summed E-state index contributed by atoms with van der Waals surface area (Å²) in [6, 6.07) is 9.69. The lowest BCUT2D eigenvalue weighted by Gasteiger charge is -2.37. The molecule has 0 amide bonds. The number of nitrogens with one attached hydrogen (secondary N) is 2. The average molecular weight is 467 g/mol. The van der Waals surface area contributed by atoms with E-state index in [0.717, 1.165) is 12.2 Å². The topological polar surface area (TPSA) is 107 Å². The first-order valence-electron chi connectivity index (χ1n) is 10.4. The van der Waals surface area contributed by atoms with E-state index in [1.807, 2.05) is 17.0 Å². The number of benzene rings is 1. The van der Waals surface area contributed by atoms with Gasteiger partial charge in [-0.1, -0.05) is 11.6 Å². The Morgan fingerprint density at radius 1 is 1.21 bits per heavy atom. The van der Waals surface area contributed by atoms with Crippen molar-refractivity contribution in [2.45, 2.75) is 12.5 Å². The molecule has 168 valence electrons. The van der Waals surface area contributed by atoms with Gasteiger partial charge in [0.15, 0.2) is 0 Å². The van der Waals surface area contributed by atoms with Crippen LogP contribution in [-0.4, -0.2) is 56.7 Å². The van der Waals surface area contributed by atoms with Gasteiger partial charge in [-0.25, -0.2) is 14.4 Å². The molecule has 3 aromatic heterocycles. The van der Waals surface area contributed by atoms with E-state index >= 15 is 0 Å². The van der Waals surface area contributed by atoms with Crippen LogP contribution < -0.4 is 10.2 Å². The summed E-state index contributed by atoms with van der Waals surface area (Å²) in [5, 5.41) is 12.9. The van der Waals surface area contributed by atoms with Crippen LogP contribution in [0.25, 0.3) is 33.7 Å². The number of fused-ring (bicyclic) bond motifs is 1. The van der Waals surface area contributed by atoms with Crippen molar-refractivity contribution in [2.75, 3.05) is 24.5 Å². The minimum atomic E-state index is -0.845. The molecule has 0 spiro atoms. The molecule has 1 aliphatic heterocycles. The van der Waals surface area contributed by atoms with Crippen LogP contribution in [0.5, 0.6) is 0 Å². The van der Waals surface area contributed by atoms with Gasteiger partial charge in [-0.3, -0.25) is 9.78 Å². The molecule has 5 rings (SSSR count). The number of imidazole rings is 1. The number of pyridine rings is 2. The molecule has 33 heavy (non-hydrogen) atoms. The molecular weight excluding hydrogens is 447 g/mol. The van der Waals surface area contributed by atoms with Crippen LogP contribution in [-0.2, 0) is 4.79 Å². The van der Waals surface area contributed by atoms with Crippen LogP contribution >= 0.6 is 11.6 Å². The predicted octanol–water partition coefficient (Wildman–Crippen LogP) is 3.73. The smallest absolute Gasteiger partial charge is 0.305 e. The van der Waals surface area contributed by atoms with Crippen LogP contribution in [0.1, 0.15) is 6.42 Å². The number of carboxylic acids is 1. The van der Waals surface area contributed by atoms with Gasteiger partial charge in [0.25, 0.3) is 0 Å². The van der Waals surface area contributed by atoms with Gasteiger partial charge < -0.3 is 20.3 Å². The lowest BCUT2D eigenvalue weighted by molar-refractivity contribution is -0.137. The van der Waals surface area contributed by atoms with E-state index in [0.29, 0.717) is 46.2 Å². The number of hydrogen-bond acceptors (Lipinski definition) is 6. The Morgan fingerprint density at radius 3 is 2.94 bits per heavy atom. The van der Waals surface area contributed by atoms with Gasteiger partial charge >= 0.3 is 5.97 Å². The Bertz CT molecular complexity index is 1340. The predicted molar refractivity (Wildman–Crippen MR) is 124 cm³/mol. The Balaban J connectivity index is 1.54. The average Bonchev–Trinajstić information content (AvgIpc) is 3.29. The monoisotopic (exact) mass is 466 g/mol. The lowest BCUT2D eigenvalue weighted by Crippen LogP contribution is -2.52. The van der Waals surface area contributed by atoms with Crippen molar-refractivity contribution in [3.05, 3.63) is 59.8 Å². The largest absolute Gasteiger partial charge is 0.481 e. The van der Waals surface area contributed by atoms with Crippen molar-refractivity contribution in [2.24, 2.45) is 0 Å². The number of piperazine rings is 1. The van der Waals surface area contributed by atoms with Gasteiger partial charge in [0, 0.05) is 30.2 Å². The maximum atomic E-state index is 14.5. The Morgan fingerprint density at radius 2 is 2.09 bits per heavy atom. The number of aromatic nitrogens is 4. The highest BCUT2D eigenvalue weighted by atomic mass is 35.5. The number of aromatic amines is 1. The minimum absolute atomic E-state index is 0.0290. The summed E-state index contributed by atoms with van der Waals surface area (Å²) in [5.74, 6) is -1.27. The zero-order valence-corrected chi connectivity index (χ0v) is 18.2. The molecule has 1 fully saturated rings. The van der Waals surface area contributed by atoms with Gasteiger partial charge in [0.1, 0.15) is 11.5 Å². The summed E-state index contributed by atoms with van der Waals surface area (Å²) in [7, 11) is 0. The number of H-pyrrole nitrogens is 1. The number of rotatable bonds is 5. The first kappa shape index (κ1) is 21.3. The first-order chi connectivity index (χ1) is 16.0. The van der Waals surface area contributed by atoms with E-state index in [2.05, 4.69) is 20.3 Å². The quantitative estimate of drug-likeness (QED) is 0.411. The van der Waals surface area contributed by atoms with Crippen molar-refractivity contribution in [1.82, 2.24) is 25.3 Å². The fraction of sp³-hybridized carbons (Fsp3) is 0.217. The molecule has 0 saturated carbocycles. The van der Waals surface area contributed by atoms with E-state index < -0.39 is 11.8 Å². The molecule has 1 atom stereocenters. The van der Waals surface area contributed by atoms with Gasteiger partial charge in [0.2, 0.25) is 0 Å². The third-order valence-electron chi connectivity index (χ3n) is 5.69. The summed E-state index contributed by atoms with van der Waals surface area (Å²) in [4.78, 5) is 30.0. The number of halogens is 2. The van der Waals surface area contributed by atoms with Crippen molar-refractivity contribution in [3.63, 3.8) is 0 Å². The number of carbonyl (C=O) groups is 1. The summed E-state index contributed by atoms with van der Waals surface area (Å²) >= 11 is 6.07. The molecule has 1 unspecified atom stereocenters. The molecule has 10 heteroatoms. The Hall–Kier alpha value is -3.56. The maximum Gasteiger partial charge on any atom is 0.305 e. The number of aliphatic carboxylic acids is 1. The molecule has 1 saturated heterocycles. The first-order valence-corrected chi connectivity index (χ1v) is 10.8. The molecular formula is C23H20ClFN6O2. The highest BCUT2D eigenvalue weighted by Crippen LogP contribution is 2.32.